The van der Waals surface area contributed by atoms with E-state index in [2.05, 4.69) is 27.8 Å². The van der Waals surface area contributed by atoms with Gasteiger partial charge in [-0.15, -0.1) is 0 Å². The molecule has 0 radical (unpaired) electrons. The third-order valence-corrected chi connectivity index (χ3v) is 5.77. The van der Waals surface area contributed by atoms with Crippen LogP contribution in [0, 0.1) is 0 Å². The van der Waals surface area contributed by atoms with Gasteiger partial charge in [0.2, 0.25) is 0 Å². The van der Waals surface area contributed by atoms with Crippen molar-refractivity contribution in [3.8, 4) is 11.1 Å². The van der Waals surface area contributed by atoms with Crippen LogP contribution in [0.15, 0.2) is 66.9 Å². The second-order valence-corrected chi connectivity index (χ2v) is 8.16. The fraction of sp³-hybridized carbons (Fsp3) is 0.231. The molecule has 0 fully saturated rings. The van der Waals surface area contributed by atoms with E-state index >= 15 is 0 Å². The van der Waals surface area contributed by atoms with Crippen LogP contribution in [-0.2, 0) is 9.53 Å². The van der Waals surface area contributed by atoms with Gasteiger partial charge < -0.3 is 15.2 Å². The van der Waals surface area contributed by atoms with Gasteiger partial charge in [0.25, 0.3) is 5.91 Å². The Labute approximate surface area is 197 Å². The van der Waals surface area contributed by atoms with Gasteiger partial charge in [0.1, 0.15) is 6.61 Å². The van der Waals surface area contributed by atoms with E-state index in [0.717, 1.165) is 22.3 Å². The maximum Gasteiger partial charge on any atom is 0.411 e. The van der Waals surface area contributed by atoms with Crippen molar-refractivity contribution in [2.24, 2.45) is 0 Å². The molecule has 2 aromatic carbocycles. The zero-order chi connectivity index (χ0) is 24.1. The van der Waals surface area contributed by atoms with Gasteiger partial charge >= 0.3 is 12.1 Å². The Morgan fingerprint density at radius 1 is 1.00 bits per heavy atom. The summed E-state index contributed by atoms with van der Waals surface area (Å²) in [5.74, 6) is -1.52. The Kier molecular flexibility index (Phi) is 6.87. The normalized spacial score (nSPS) is 12.9. The van der Waals surface area contributed by atoms with Gasteiger partial charge in [0.15, 0.2) is 5.69 Å². The van der Waals surface area contributed by atoms with Gasteiger partial charge in [-0.25, -0.2) is 9.78 Å². The Bertz CT molecular complexity index is 1180. The van der Waals surface area contributed by atoms with Gasteiger partial charge in [-0.2, -0.15) is 0 Å². The van der Waals surface area contributed by atoms with Crippen molar-refractivity contribution in [1.29, 1.82) is 0 Å². The second kappa shape index (κ2) is 10.2. The maximum absolute atomic E-state index is 12.6. The monoisotopic (exact) mass is 459 g/mol. The number of aromatic nitrogens is 1. The number of anilines is 1. The molecule has 1 aliphatic carbocycles. The molecule has 4 rings (SSSR count). The molecule has 1 atom stereocenters. The molecule has 1 aromatic heterocycles. The minimum Gasteiger partial charge on any atom is -0.481 e. The molecule has 174 valence electrons. The van der Waals surface area contributed by atoms with Gasteiger partial charge in [-0.3, -0.25) is 14.9 Å². The van der Waals surface area contributed by atoms with Crippen molar-refractivity contribution in [3.05, 3.63) is 83.7 Å². The lowest BCUT2D eigenvalue weighted by Gasteiger charge is -2.16. The van der Waals surface area contributed by atoms with Crippen LogP contribution in [0.4, 0.5) is 10.5 Å². The van der Waals surface area contributed by atoms with E-state index in [1.54, 1.807) is 19.1 Å². The van der Waals surface area contributed by atoms with E-state index in [0.29, 0.717) is 0 Å². The number of nitrogens with one attached hydrogen (secondary N) is 2. The first-order chi connectivity index (χ1) is 16.4. The summed E-state index contributed by atoms with van der Waals surface area (Å²) >= 11 is 0. The number of benzene rings is 2. The van der Waals surface area contributed by atoms with Gasteiger partial charge in [-0.1, -0.05) is 48.5 Å². The minimum atomic E-state index is -0.934. The van der Waals surface area contributed by atoms with Crippen LogP contribution in [0.25, 0.3) is 11.1 Å². The molecule has 0 bridgehead atoms. The molecule has 0 saturated carbocycles. The molecule has 3 N–H and O–H groups in total. The van der Waals surface area contributed by atoms with Gasteiger partial charge in [0, 0.05) is 24.6 Å². The molecule has 8 heteroatoms. The number of rotatable bonds is 8. The number of aliphatic carboxylic acids is 1. The second-order valence-electron chi connectivity index (χ2n) is 8.16. The largest absolute Gasteiger partial charge is 0.481 e. The van der Waals surface area contributed by atoms with Crippen LogP contribution in [0.2, 0.25) is 0 Å². The summed E-state index contributed by atoms with van der Waals surface area (Å²) in [6.07, 6.45) is 0.972. The van der Waals surface area contributed by atoms with Gasteiger partial charge in [0.05, 0.1) is 5.69 Å². The Morgan fingerprint density at radius 2 is 1.65 bits per heavy atom. The molecule has 34 heavy (non-hydrogen) atoms. The highest BCUT2D eigenvalue weighted by molar-refractivity contribution is 6.01. The van der Waals surface area contributed by atoms with E-state index in [1.807, 2.05) is 36.4 Å². The van der Waals surface area contributed by atoms with Crippen molar-refractivity contribution in [3.63, 3.8) is 0 Å². The number of ether oxygens (including phenoxy) is 1. The predicted octanol–water partition coefficient (Wildman–Crippen LogP) is 4.43. The number of fused-ring (bicyclic) bond motifs is 3. The summed E-state index contributed by atoms with van der Waals surface area (Å²) in [7, 11) is 0. The quantitative estimate of drug-likeness (QED) is 0.459. The first-order valence-electron chi connectivity index (χ1n) is 11.0. The summed E-state index contributed by atoms with van der Waals surface area (Å²) in [4.78, 5) is 40.1. The van der Waals surface area contributed by atoms with E-state index in [9.17, 15) is 14.4 Å². The number of carbonyl (C=O) groups is 3. The first kappa shape index (κ1) is 23.0. The Balaban J connectivity index is 1.41. The Hall–Kier alpha value is -4.20. The minimum absolute atomic E-state index is 0.0261. The van der Waals surface area contributed by atoms with E-state index < -0.39 is 18.0 Å². The van der Waals surface area contributed by atoms with Crippen molar-refractivity contribution < 1.29 is 24.2 Å². The van der Waals surface area contributed by atoms with Crippen LogP contribution in [-0.4, -0.2) is 40.7 Å². The molecule has 0 spiro atoms. The van der Waals surface area contributed by atoms with Crippen molar-refractivity contribution >= 4 is 23.7 Å². The molecule has 0 saturated heterocycles. The summed E-state index contributed by atoms with van der Waals surface area (Å²) in [5.41, 5.74) is 4.72. The number of carboxylic acid groups (broad SMARTS) is 1. The lowest BCUT2D eigenvalue weighted by atomic mass is 9.98. The third-order valence-electron chi connectivity index (χ3n) is 5.77. The fourth-order valence-corrected chi connectivity index (χ4v) is 4.14. The number of amides is 2. The summed E-state index contributed by atoms with van der Waals surface area (Å²) in [6, 6.07) is 18.9. The fourth-order valence-electron chi connectivity index (χ4n) is 4.14. The van der Waals surface area contributed by atoms with Crippen LogP contribution < -0.4 is 10.6 Å². The highest BCUT2D eigenvalue weighted by Gasteiger charge is 2.29. The molecule has 8 nitrogen and oxygen atoms in total. The zero-order valence-corrected chi connectivity index (χ0v) is 18.7. The molecule has 1 unspecified atom stereocenters. The number of nitrogens with zero attached hydrogens (tertiary/aromatic N) is 1. The highest BCUT2D eigenvalue weighted by atomic mass is 16.5. The highest BCUT2D eigenvalue weighted by Crippen LogP contribution is 2.44. The standard InChI is InChI=1S/C26H25N3O5/c1-16(12-13-23(30)31)28-25(32)24-22(11-6-14-27-24)29-26(33)34-15-21-19-9-4-2-7-17(19)18-8-3-5-10-20(18)21/h2-11,14,16,21H,12-13,15H2,1H3,(H,28,32)(H,29,33)(H,30,31). The molecule has 2 amide bonds. The molecular formula is C26H25N3O5. The number of pyridine rings is 1. The van der Waals surface area contributed by atoms with Gasteiger partial charge in [-0.05, 0) is 47.7 Å². The third kappa shape index (κ3) is 5.06. The number of hydrogen-bond donors (Lipinski definition) is 3. The number of carbonyl (C=O) groups excluding carboxylic acids is 2. The first-order valence-corrected chi connectivity index (χ1v) is 11.0. The van der Waals surface area contributed by atoms with E-state index in [-0.39, 0.29) is 42.8 Å². The van der Waals surface area contributed by atoms with Crippen molar-refractivity contribution in [2.75, 3.05) is 11.9 Å². The zero-order valence-electron chi connectivity index (χ0n) is 18.7. The van der Waals surface area contributed by atoms with Crippen LogP contribution in [0.1, 0.15) is 47.3 Å². The molecule has 1 heterocycles. The SMILES string of the molecule is CC(CCC(=O)O)NC(=O)c1ncccc1NC(=O)OCC1c2ccccc2-c2ccccc21. The molecule has 0 aliphatic heterocycles. The van der Waals surface area contributed by atoms with Crippen LogP contribution in [0.3, 0.4) is 0 Å². The predicted molar refractivity (Wildman–Crippen MR) is 127 cm³/mol. The number of hydrogen-bond acceptors (Lipinski definition) is 5. The lowest BCUT2D eigenvalue weighted by Crippen LogP contribution is -2.34. The lowest BCUT2D eigenvalue weighted by molar-refractivity contribution is -0.137. The van der Waals surface area contributed by atoms with Crippen molar-refractivity contribution in [1.82, 2.24) is 10.3 Å². The summed E-state index contributed by atoms with van der Waals surface area (Å²) in [6.45, 7) is 1.86. The average Bonchev–Trinajstić information content (AvgIpc) is 3.15. The van der Waals surface area contributed by atoms with Crippen molar-refractivity contribution in [2.45, 2.75) is 31.7 Å². The maximum atomic E-state index is 12.6. The summed E-state index contributed by atoms with van der Waals surface area (Å²) in [5, 5.41) is 14.1. The molecule has 1 aliphatic rings. The smallest absolute Gasteiger partial charge is 0.411 e. The van der Waals surface area contributed by atoms with Crippen LogP contribution in [0.5, 0.6) is 0 Å². The number of carboxylic acids is 1. The van der Waals surface area contributed by atoms with E-state index in [4.69, 9.17) is 9.84 Å². The van der Waals surface area contributed by atoms with Crippen LogP contribution >= 0.6 is 0 Å². The average molecular weight is 460 g/mol. The summed E-state index contributed by atoms with van der Waals surface area (Å²) < 4.78 is 5.55. The van der Waals surface area contributed by atoms with E-state index in [1.165, 1.54) is 6.20 Å². The molecular weight excluding hydrogens is 434 g/mol. The topological polar surface area (TPSA) is 118 Å². The Morgan fingerprint density at radius 3 is 2.29 bits per heavy atom. The molecule has 3 aromatic rings.